The number of nitrogens with one attached hydrogen (secondary N) is 2. The first-order valence-electron chi connectivity index (χ1n) is 6.07. The molecule has 1 heterocycles. The molecule has 18 heavy (non-hydrogen) atoms. The molecule has 0 unspecified atom stereocenters. The van der Waals surface area contributed by atoms with Crippen LogP contribution in [0.2, 0.25) is 0 Å². The van der Waals surface area contributed by atoms with Gasteiger partial charge in [0.15, 0.2) is 0 Å². The van der Waals surface area contributed by atoms with Gasteiger partial charge in [-0.3, -0.25) is 4.79 Å². The van der Waals surface area contributed by atoms with E-state index >= 15 is 0 Å². The van der Waals surface area contributed by atoms with Gasteiger partial charge in [0.25, 0.3) is 0 Å². The molecule has 0 radical (unpaired) electrons. The molecule has 0 aliphatic rings. The van der Waals surface area contributed by atoms with Crippen molar-refractivity contribution in [2.24, 2.45) is 0 Å². The summed E-state index contributed by atoms with van der Waals surface area (Å²) in [6.45, 7) is 2.39. The number of carbonyl (C=O) groups is 1. The third-order valence-electron chi connectivity index (χ3n) is 2.68. The standard InChI is InChI=1S/C12H21N5O/c1-5-6-9-11(14-3)15-8-16-12(9)17(4)7-10(18)13-2/h8H,5-7H2,1-4H3,(H,13,18)(H,14,15,16). The van der Waals surface area contributed by atoms with Crippen molar-refractivity contribution in [2.45, 2.75) is 19.8 Å². The fourth-order valence-corrected chi connectivity index (χ4v) is 1.80. The number of amides is 1. The van der Waals surface area contributed by atoms with Crippen molar-refractivity contribution < 1.29 is 4.79 Å². The largest absolute Gasteiger partial charge is 0.373 e. The molecule has 0 aliphatic heterocycles. The average Bonchev–Trinajstić information content (AvgIpc) is 2.38. The topological polar surface area (TPSA) is 70.2 Å². The first kappa shape index (κ1) is 14.2. The van der Waals surface area contributed by atoms with E-state index in [2.05, 4.69) is 27.5 Å². The van der Waals surface area contributed by atoms with E-state index in [1.807, 2.05) is 19.0 Å². The van der Waals surface area contributed by atoms with Gasteiger partial charge in [0, 0.05) is 26.7 Å². The molecular weight excluding hydrogens is 230 g/mol. The number of likely N-dealkylation sites (N-methyl/N-ethyl adjacent to an activating group) is 2. The van der Waals surface area contributed by atoms with E-state index in [-0.39, 0.29) is 12.5 Å². The number of anilines is 2. The molecule has 0 bridgehead atoms. The number of rotatable bonds is 6. The van der Waals surface area contributed by atoms with E-state index < -0.39 is 0 Å². The second kappa shape index (κ2) is 6.78. The molecule has 0 aromatic carbocycles. The lowest BCUT2D eigenvalue weighted by molar-refractivity contribution is -0.119. The Morgan fingerprint density at radius 1 is 1.39 bits per heavy atom. The zero-order valence-electron chi connectivity index (χ0n) is 11.4. The Hall–Kier alpha value is -1.85. The Morgan fingerprint density at radius 2 is 2.11 bits per heavy atom. The SMILES string of the molecule is CCCc1c(NC)ncnc1N(C)CC(=O)NC. The Morgan fingerprint density at radius 3 is 2.67 bits per heavy atom. The van der Waals surface area contributed by atoms with Crippen LogP contribution >= 0.6 is 0 Å². The van der Waals surface area contributed by atoms with E-state index in [4.69, 9.17) is 0 Å². The van der Waals surface area contributed by atoms with E-state index in [1.54, 1.807) is 7.05 Å². The highest BCUT2D eigenvalue weighted by molar-refractivity contribution is 5.81. The van der Waals surface area contributed by atoms with Crippen LogP contribution in [0.5, 0.6) is 0 Å². The van der Waals surface area contributed by atoms with Gasteiger partial charge in [-0.2, -0.15) is 0 Å². The molecule has 6 heteroatoms. The van der Waals surface area contributed by atoms with Gasteiger partial charge in [-0.25, -0.2) is 9.97 Å². The molecule has 1 aromatic heterocycles. The van der Waals surface area contributed by atoms with Crippen molar-refractivity contribution in [1.82, 2.24) is 15.3 Å². The van der Waals surface area contributed by atoms with Crippen LogP contribution < -0.4 is 15.5 Å². The van der Waals surface area contributed by atoms with E-state index in [0.717, 1.165) is 30.0 Å². The van der Waals surface area contributed by atoms with Crippen molar-refractivity contribution in [3.63, 3.8) is 0 Å². The van der Waals surface area contributed by atoms with Crippen molar-refractivity contribution in [3.05, 3.63) is 11.9 Å². The van der Waals surface area contributed by atoms with Crippen molar-refractivity contribution in [3.8, 4) is 0 Å². The fourth-order valence-electron chi connectivity index (χ4n) is 1.80. The van der Waals surface area contributed by atoms with Gasteiger partial charge in [-0.15, -0.1) is 0 Å². The number of hydrogen-bond donors (Lipinski definition) is 2. The number of hydrogen-bond acceptors (Lipinski definition) is 5. The third-order valence-corrected chi connectivity index (χ3v) is 2.68. The summed E-state index contributed by atoms with van der Waals surface area (Å²) in [7, 11) is 5.32. The molecule has 1 amide bonds. The van der Waals surface area contributed by atoms with Gasteiger partial charge in [-0.1, -0.05) is 13.3 Å². The molecule has 0 spiro atoms. The Bertz CT molecular complexity index is 407. The summed E-state index contributed by atoms with van der Waals surface area (Å²) >= 11 is 0. The lowest BCUT2D eigenvalue weighted by Gasteiger charge is -2.21. The summed E-state index contributed by atoms with van der Waals surface area (Å²) < 4.78 is 0. The Balaban J connectivity index is 3.02. The van der Waals surface area contributed by atoms with E-state index in [1.165, 1.54) is 6.33 Å². The highest BCUT2D eigenvalue weighted by atomic mass is 16.1. The number of aromatic nitrogens is 2. The molecule has 6 nitrogen and oxygen atoms in total. The molecule has 100 valence electrons. The summed E-state index contributed by atoms with van der Waals surface area (Å²) in [5, 5.41) is 5.67. The summed E-state index contributed by atoms with van der Waals surface area (Å²) in [5.74, 6) is 1.59. The summed E-state index contributed by atoms with van der Waals surface area (Å²) in [6.07, 6.45) is 3.40. The minimum absolute atomic E-state index is 0.0374. The van der Waals surface area contributed by atoms with Crippen molar-refractivity contribution in [2.75, 3.05) is 37.9 Å². The van der Waals surface area contributed by atoms with Gasteiger partial charge >= 0.3 is 0 Å². The maximum atomic E-state index is 11.4. The van der Waals surface area contributed by atoms with Gasteiger partial charge in [0.2, 0.25) is 5.91 Å². The van der Waals surface area contributed by atoms with Crippen molar-refractivity contribution in [1.29, 1.82) is 0 Å². The summed E-state index contributed by atoms with van der Waals surface area (Å²) in [6, 6.07) is 0. The molecule has 0 aliphatic carbocycles. The van der Waals surface area contributed by atoms with Crippen LogP contribution in [0.4, 0.5) is 11.6 Å². The van der Waals surface area contributed by atoms with Crippen LogP contribution in [0.1, 0.15) is 18.9 Å². The highest BCUT2D eigenvalue weighted by Gasteiger charge is 2.15. The van der Waals surface area contributed by atoms with Gasteiger partial charge in [0.1, 0.15) is 18.0 Å². The molecule has 0 saturated heterocycles. The second-order valence-corrected chi connectivity index (χ2v) is 4.05. The number of nitrogens with zero attached hydrogens (tertiary/aromatic N) is 3. The van der Waals surface area contributed by atoms with Crippen LogP contribution in [-0.4, -0.2) is 43.6 Å². The highest BCUT2D eigenvalue weighted by Crippen LogP contribution is 2.23. The first-order valence-corrected chi connectivity index (χ1v) is 6.07. The smallest absolute Gasteiger partial charge is 0.239 e. The van der Waals surface area contributed by atoms with Gasteiger partial charge < -0.3 is 15.5 Å². The van der Waals surface area contributed by atoms with E-state index in [0.29, 0.717) is 0 Å². The zero-order valence-corrected chi connectivity index (χ0v) is 11.4. The van der Waals surface area contributed by atoms with Crippen LogP contribution in [0.3, 0.4) is 0 Å². The first-order chi connectivity index (χ1) is 8.63. The van der Waals surface area contributed by atoms with Crippen LogP contribution in [0, 0.1) is 0 Å². The van der Waals surface area contributed by atoms with Crippen LogP contribution in [-0.2, 0) is 11.2 Å². The molecule has 1 rings (SSSR count). The van der Waals surface area contributed by atoms with Crippen molar-refractivity contribution >= 4 is 17.5 Å². The maximum Gasteiger partial charge on any atom is 0.239 e. The van der Waals surface area contributed by atoms with E-state index in [9.17, 15) is 4.79 Å². The lowest BCUT2D eigenvalue weighted by Crippen LogP contribution is -2.34. The molecular formula is C12H21N5O. The second-order valence-electron chi connectivity index (χ2n) is 4.05. The average molecular weight is 251 g/mol. The molecule has 2 N–H and O–H groups in total. The minimum atomic E-state index is -0.0374. The van der Waals surface area contributed by atoms with Crippen LogP contribution in [0.25, 0.3) is 0 Å². The Kier molecular flexibility index (Phi) is 5.35. The summed E-state index contributed by atoms with van der Waals surface area (Å²) in [4.78, 5) is 21.7. The number of carbonyl (C=O) groups excluding carboxylic acids is 1. The summed E-state index contributed by atoms with van der Waals surface area (Å²) in [5.41, 5.74) is 1.05. The molecule has 0 atom stereocenters. The minimum Gasteiger partial charge on any atom is -0.373 e. The van der Waals surface area contributed by atoms with Crippen LogP contribution in [0.15, 0.2) is 6.33 Å². The quantitative estimate of drug-likeness (QED) is 0.777. The zero-order chi connectivity index (χ0) is 13.5. The lowest BCUT2D eigenvalue weighted by atomic mass is 10.1. The Labute approximate surface area is 108 Å². The molecule has 0 fully saturated rings. The maximum absolute atomic E-state index is 11.4. The predicted octanol–water partition coefficient (Wildman–Crippen LogP) is 0.653. The van der Waals surface area contributed by atoms with Gasteiger partial charge in [0.05, 0.1) is 6.54 Å². The monoisotopic (exact) mass is 251 g/mol. The third kappa shape index (κ3) is 3.32. The fraction of sp³-hybridized carbons (Fsp3) is 0.583. The molecule has 1 aromatic rings. The molecule has 0 saturated carbocycles. The predicted molar refractivity (Wildman–Crippen MR) is 72.9 cm³/mol. The normalized spacial score (nSPS) is 10.0. The van der Waals surface area contributed by atoms with Gasteiger partial charge in [-0.05, 0) is 6.42 Å².